The van der Waals surface area contributed by atoms with Crippen molar-refractivity contribution in [3.05, 3.63) is 13.6 Å². The number of piperidine rings is 1. The van der Waals surface area contributed by atoms with Crippen LogP contribution in [0.25, 0.3) is 11.4 Å². The van der Waals surface area contributed by atoms with Gasteiger partial charge in [-0.1, -0.05) is 0 Å². The monoisotopic (exact) mass is 419 g/mol. The number of hydrogen-bond donors (Lipinski definition) is 2. The highest BCUT2D eigenvalue weighted by Gasteiger charge is 2.21. The lowest BCUT2D eigenvalue weighted by Gasteiger charge is -2.30. The van der Waals surface area contributed by atoms with Crippen molar-refractivity contribution >= 4 is 49.1 Å². The van der Waals surface area contributed by atoms with Crippen molar-refractivity contribution in [3.8, 4) is 11.4 Å². The number of anilines is 1. The minimum Gasteiger partial charge on any atom is -0.340 e. The summed E-state index contributed by atoms with van der Waals surface area (Å²) in [4.78, 5) is 6.84. The molecule has 0 saturated carbocycles. The molecule has 1 aliphatic heterocycles. The molecule has 0 atom stereocenters. The predicted octanol–water partition coefficient (Wildman–Crippen LogP) is 3.23. The predicted molar refractivity (Wildman–Crippen MR) is 89.1 cm³/mol. The van der Waals surface area contributed by atoms with Crippen LogP contribution in [0, 0.1) is 5.92 Å². The Morgan fingerprint density at radius 3 is 2.75 bits per heavy atom. The second-order valence-corrected chi connectivity index (χ2v) is 8.64. The van der Waals surface area contributed by atoms with E-state index in [0.29, 0.717) is 5.92 Å². The Morgan fingerprint density at radius 2 is 2.15 bits per heavy atom. The standard InChI is InChI=1S/C12H15Br2N5S/c13-9-5-8(10(14)20-9)11-16-12(18-17-11)19-3-1-7(6-15)2-4-19/h5,7H,1-4,6,15H2,(H,16,17,18). The molecule has 108 valence electrons. The van der Waals surface area contributed by atoms with E-state index >= 15 is 0 Å². The first-order valence-corrected chi connectivity index (χ1v) is 8.90. The molecule has 1 fully saturated rings. The molecular formula is C12H15Br2N5S. The maximum Gasteiger partial charge on any atom is 0.245 e. The van der Waals surface area contributed by atoms with Crippen LogP contribution in [0.5, 0.6) is 0 Å². The number of nitrogens with two attached hydrogens (primary N) is 1. The summed E-state index contributed by atoms with van der Waals surface area (Å²) in [6.45, 7) is 2.74. The van der Waals surface area contributed by atoms with Gasteiger partial charge in [0, 0.05) is 18.7 Å². The summed E-state index contributed by atoms with van der Waals surface area (Å²) in [5.41, 5.74) is 6.76. The van der Waals surface area contributed by atoms with Gasteiger partial charge in [-0.3, -0.25) is 5.10 Å². The van der Waals surface area contributed by atoms with E-state index < -0.39 is 0 Å². The zero-order valence-corrected chi connectivity index (χ0v) is 14.8. The molecular weight excluding hydrogens is 406 g/mol. The smallest absolute Gasteiger partial charge is 0.245 e. The molecule has 3 rings (SSSR count). The number of nitrogens with one attached hydrogen (secondary N) is 1. The van der Waals surface area contributed by atoms with Crippen molar-refractivity contribution in [2.24, 2.45) is 11.7 Å². The van der Waals surface area contributed by atoms with Crippen LogP contribution < -0.4 is 10.6 Å². The molecule has 0 radical (unpaired) electrons. The van der Waals surface area contributed by atoms with Crippen LogP contribution in [0.1, 0.15) is 12.8 Å². The van der Waals surface area contributed by atoms with Crippen LogP contribution in [0.3, 0.4) is 0 Å². The first kappa shape index (κ1) is 14.5. The second kappa shape index (κ2) is 6.13. The van der Waals surface area contributed by atoms with E-state index in [9.17, 15) is 0 Å². The average molecular weight is 421 g/mol. The van der Waals surface area contributed by atoms with Gasteiger partial charge in [0.2, 0.25) is 5.95 Å². The highest BCUT2D eigenvalue weighted by molar-refractivity contribution is 9.12. The van der Waals surface area contributed by atoms with Gasteiger partial charge in [-0.2, -0.15) is 4.98 Å². The third-order valence-electron chi connectivity index (χ3n) is 3.62. The summed E-state index contributed by atoms with van der Waals surface area (Å²) in [5, 5.41) is 7.37. The van der Waals surface area contributed by atoms with Crippen LogP contribution in [0.15, 0.2) is 13.6 Å². The number of H-pyrrole nitrogens is 1. The third-order valence-corrected chi connectivity index (χ3v) is 5.96. The van der Waals surface area contributed by atoms with Gasteiger partial charge in [0.05, 0.1) is 7.57 Å². The molecule has 2 aromatic rings. The number of thiophene rings is 1. The topological polar surface area (TPSA) is 70.8 Å². The Morgan fingerprint density at radius 1 is 1.40 bits per heavy atom. The summed E-state index contributed by atoms with van der Waals surface area (Å²) in [6, 6.07) is 2.04. The van der Waals surface area contributed by atoms with E-state index in [1.807, 2.05) is 6.07 Å². The molecule has 8 heteroatoms. The SMILES string of the molecule is NCC1CCN(c2n[nH]c(-c3cc(Br)sc3Br)n2)CC1. The van der Waals surface area contributed by atoms with E-state index in [-0.39, 0.29) is 0 Å². The maximum absolute atomic E-state index is 5.72. The number of halogens is 2. The molecule has 0 spiro atoms. The number of aromatic nitrogens is 3. The molecule has 0 aliphatic carbocycles. The van der Waals surface area contributed by atoms with Crippen molar-refractivity contribution in [2.45, 2.75) is 12.8 Å². The Balaban J connectivity index is 1.76. The lowest BCUT2D eigenvalue weighted by molar-refractivity contribution is 0.411. The van der Waals surface area contributed by atoms with Crippen molar-refractivity contribution in [1.29, 1.82) is 0 Å². The molecule has 3 heterocycles. The van der Waals surface area contributed by atoms with Gasteiger partial charge in [0.15, 0.2) is 5.82 Å². The molecule has 0 unspecified atom stereocenters. The van der Waals surface area contributed by atoms with E-state index in [2.05, 4.69) is 51.9 Å². The van der Waals surface area contributed by atoms with Crippen molar-refractivity contribution < 1.29 is 0 Å². The Hall–Kier alpha value is -0.440. The summed E-state index contributed by atoms with van der Waals surface area (Å²) in [7, 11) is 0. The number of aromatic amines is 1. The van der Waals surface area contributed by atoms with Gasteiger partial charge < -0.3 is 10.6 Å². The Kier molecular flexibility index (Phi) is 4.44. The molecule has 1 saturated heterocycles. The number of rotatable bonds is 3. The lowest BCUT2D eigenvalue weighted by atomic mass is 9.97. The lowest BCUT2D eigenvalue weighted by Crippen LogP contribution is -2.36. The fraction of sp³-hybridized carbons (Fsp3) is 0.500. The first-order valence-electron chi connectivity index (χ1n) is 6.50. The fourth-order valence-corrected chi connectivity index (χ4v) is 5.19. The molecule has 0 amide bonds. The van der Waals surface area contributed by atoms with Crippen LogP contribution >= 0.6 is 43.2 Å². The summed E-state index contributed by atoms with van der Waals surface area (Å²) in [6.07, 6.45) is 2.24. The molecule has 20 heavy (non-hydrogen) atoms. The molecule has 0 bridgehead atoms. The molecule has 0 aromatic carbocycles. The number of hydrogen-bond acceptors (Lipinski definition) is 5. The Bertz CT molecular complexity index is 588. The zero-order chi connectivity index (χ0) is 14.1. The highest BCUT2D eigenvalue weighted by atomic mass is 79.9. The maximum atomic E-state index is 5.72. The molecule has 5 nitrogen and oxygen atoms in total. The summed E-state index contributed by atoms with van der Waals surface area (Å²) < 4.78 is 2.12. The van der Waals surface area contributed by atoms with Gasteiger partial charge in [-0.15, -0.1) is 16.4 Å². The largest absolute Gasteiger partial charge is 0.340 e. The van der Waals surface area contributed by atoms with Crippen LogP contribution in [0.4, 0.5) is 5.95 Å². The molecule has 2 aromatic heterocycles. The van der Waals surface area contributed by atoms with Crippen LogP contribution in [-0.4, -0.2) is 34.8 Å². The normalized spacial score (nSPS) is 16.9. The van der Waals surface area contributed by atoms with E-state index in [4.69, 9.17) is 5.73 Å². The van der Waals surface area contributed by atoms with E-state index in [1.54, 1.807) is 11.3 Å². The molecule has 3 N–H and O–H groups in total. The van der Waals surface area contributed by atoms with Crippen LogP contribution in [0.2, 0.25) is 0 Å². The van der Waals surface area contributed by atoms with Crippen LogP contribution in [-0.2, 0) is 0 Å². The van der Waals surface area contributed by atoms with Gasteiger partial charge >= 0.3 is 0 Å². The van der Waals surface area contributed by atoms with Crippen molar-refractivity contribution in [2.75, 3.05) is 24.5 Å². The number of nitrogens with zero attached hydrogens (tertiary/aromatic N) is 3. The van der Waals surface area contributed by atoms with Gasteiger partial charge in [0.1, 0.15) is 0 Å². The summed E-state index contributed by atoms with van der Waals surface area (Å²) in [5.74, 6) is 2.23. The van der Waals surface area contributed by atoms with Gasteiger partial charge in [0.25, 0.3) is 0 Å². The van der Waals surface area contributed by atoms with Gasteiger partial charge in [-0.05, 0) is 63.2 Å². The van der Waals surface area contributed by atoms with E-state index in [1.165, 1.54) is 0 Å². The minimum absolute atomic E-state index is 0.645. The van der Waals surface area contributed by atoms with Crippen molar-refractivity contribution in [3.63, 3.8) is 0 Å². The zero-order valence-electron chi connectivity index (χ0n) is 10.8. The minimum atomic E-state index is 0.645. The average Bonchev–Trinajstić information content (AvgIpc) is 3.05. The van der Waals surface area contributed by atoms with Crippen molar-refractivity contribution in [1.82, 2.24) is 15.2 Å². The van der Waals surface area contributed by atoms with Gasteiger partial charge in [-0.25, -0.2) is 0 Å². The highest BCUT2D eigenvalue weighted by Crippen LogP contribution is 2.37. The summed E-state index contributed by atoms with van der Waals surface area (Å²) >= 11 is 8.66. The first-order chi connectivity index (χ1) is 9.67. The Labute approximate surface area is 138 Å². The second-order valence-electron chi connectivity index (χ2n) is 4.89. The quantitative estimate of drug-likeness (QED) is 0.799. The third kappa shape index (κ3) is 2.93. The molecule has 1 aliphatic rings. The van der Waals surface area contributed by atoms with E-state index in [0.717, 1.165) is 57.4 Å². The fourth-order valence-electron chi connectivity index (χ4n) is 2.39.